The summed E-state index contributed by atoms with van der Waals surface area (Å²) in [6.45, 7) is 5.37. The summed E-state index contributed by atoms with van der Waals surface area (Å²) < 4.78 is 8.58. The Morgan fingerprint density at radius 3 is 2.89 bits per heavy atom. The van der Waals surface area contributed by atoms with Gasteiger partial charge in [0.05, 0.1) is 6.61 Å². The maximum absolute atomic E-state index is 11.7. The molecule has 0 aliphatic carbocycles. The van der Waals surface area contributed by atoms with Gasteiger partial charge in [-0.15, -0.1) is 10.2 Å². The lowest BCUT2D eigenvalue weighted by Gasteiger charge is -2.08. The molecule has 0 amide bonds. The summed E-state index contributed by atoms with van der Waals surface area (Å²) in [5.41, 5.74) is 0. The molecule has 0 saturated carbocycles. The van der Waals surface area contributed by atoms with Gasteiger partial charge in [-0.05, 0) is 26.3 Å². The van der Waals surface area contributed by atoms with E-state index in [0.29, 0.717) is 19.0 Å². The van der Waals surface area contributed by atoms with Gasteiger partial charge in [0.15, 0.2) is 0 Å². The number of aromatic nitrogens is 5. The number of aryl methyl sites for hydroxylation is 2. The van der Waals surface area contributed by atoms with E-state index in [9.17, 15) is 4.79 Å². The molecule has 19 heavy (non-hydrogen) atoms. The molecule has 2 aromatic heterocycles. The number of hydrogen-bond donors (Lipinski definition) is 0. The van der Waals surface area contributed by atoms with E-state index >= 15 is 0 Å². The zero-order chi connectivity index (χ0) is 13.7. The Kier molecular flexibility index (Phi) is 4.27. The number of nitrogens with zero attached hydrogens (tertiary/aromatic N) is 5. The third kappa shape index (κ3) is 3.18. The van der Waals surface area contributed by atoms with Crippen molar-refractivity contribution in [3.63, 3.8) is 0 Å². The molecule has 0 radical (unpaired) electrons. The lowest BCUT2D eigenvalue weighted by Crippen LogP contribution is -2.15. The van der Waals surface area contributed by atoms with Crippen LogP contribution in [0.5, 0.6) is 0 Å². The van der Waals surface area contributed by atoms with Crippen molar-refractivity contribution in [2.45, 2.75) is 33.4 Å². The molecule has 0 bridgehead atoms. The molecule has 2 aromatic rings. The molecule has 0 fully saturated rings. The maximum atomic E-state index is 11.7. The van der Waals surface area contributed by atoms with Crippen LogP contribution in [-0.4, -0.2) is 37.1 Å². The fraction of sp³-hybridized carbons (Fsp3) is 0.500. The van der Waals surface area contributed by atoms with E-state index in [1.807, 2.05) is 23.9 Å². The quantitative estimate of drug-likeness (QED) is 0.728. The maximum Gasteiger partial charge on any atom is 0.376 e. The molecule has 0 N–H and O–H groups in total. The second-order valence-corrected chi connectivity index (χ2v) is 4.07. The van der Waals surface area contributed by atoms with E-state index in [4.69, 9.17) is 4.74 Å². The van der Waals surface area contributed by atoms with Gasteiger partial charge in [-0.3, -0.25) is 4.68 Å². The summed E-state index contributed by atoms with van der Waals surface area (Å²) in [4.78, 5) is 11.7. The predicted molar refractivity (Wildman–Crippen MR) is 67.6 cm³/mol. The normalized spacial score (nSPS) is 10.6. The van der Waals surface area contributed by atoms with Gasteiger partial charge >= 0.3 is 5.97 Å². The molecule has 2 heterocycles. The second kappa shape index (κ2) is 6.12. The summed E-state index contributed by atoms with van der Waals surface area (Å²) in [7, 11) is 0. The highest BCUT2D eigenvalue weighted by Gasteiger charge is 2.17. The molecular formula is C12H17N5O2. The zero-order valence-corrected chi connectivity index (χ0v) is 11.1. The van der Waals surface area contributed by atoms with Crippen LogP contribution in [0.25, 0.3) is 0 Å². The third-order valence-electron chi connectivity index (χ3n) is 2.72. The van der Waals surface area contributed by atoms with Crippen molar-refractivity contribution in [2.75, 3.05) is 6.61 Å². The van der Waals surface area contributed by atoms with Crippen molar-refractivity contribution in [3.8, 4) is 0 Å². The van der Waals surface area contributed by atoms with E-state index < -0.39 is 5.97 Å². The molecule has 7 heteroatoms. The average Bonchev–Trinajstić information content (AvgIpc) is 3.01. The van der Waals surface area contributed by atoms with Crippen LogP contribution in [-0.2, 0) is 17.8 Å². The zero-order valence-electron chi connectivity index (χ0n) is 11.1. The van der Waals surface area contributed by atoms with E-state index in [2.05, 4.69) is 15.3 Å². The summed E-state index contributed by atoms with van der Waals surface area (Å²) in [5, 5.41) is 11.9. The lowest BCUT2D eigenvalue weighted by atomic mass is 10.4. The first-order valence-electron chi connectivity index (χ1n) is 6.26. The number of carbonyl (C=O) groups is 1. The molecule has 0 aliphatic heterocycles. The molecule has 0 spiro atoms. The van der Waals surface area contributed by atoms with E-state index in [1.165, 1.54) is 0 Å². The highest BCUT2D eigenvalue weighted by Crippen LogP contribution is 2.05. The topological polar surface area (TPSA) is 74.8 Å². The standard InChI is InChI=1S/C12H17N5O2/c1-3-19-12(18)11-15-14-10(2)17(11)9-5-8-16-7-4-6-13-16/h4,6-7H,3,5,8-9H2,1-2H3. The van der Waals surface area contributed by atoms with Gasteiger partial charge in [0.25, 0.3) is 0 Å². The van der Waals surface area contributed by atoms with Crippen LogP contribution in [0.1, 0.15) is 29.8 Å². The Bertz CT molecular complexity index is 532. The average molecular weight is 263 g/mol. The number of esters is 1. The highest BCUT2D eigenvalue weighted by atomic mass is 16.5. The molecule has 0 saturated heterocycles. The summed E-state index contributed by atoms with van der Waals surface area (Å²) >= 11 is 0. The summed E-state index contributed by atoms with van der Waals surface area (Å²) in [6.07, 6.45) is 4.49. The Labute approximate surface area is 111 Å². The van der Waals surface area contributed by atoms with Crippen LogP contribution >= 0.6 is 0 Å². The molecular weight excluding hydrogens is 246 g/mol. The van der Waals surface area contributed by atoms with Crippen LogP contribution in [0, 0.1) is 6.92 Å². The number of hydrogen-bond acceptors (Lipinski definition) is 5. The number of carbonyl (C=O) groups excluding carboxylic acids is 1. The number of ether oxygens (including phenoxy) is 1. The van der Waals surface area contributed by atoms with Gasteiger partial charge in [-0.1, -0.05) is 0 Å². The van der Waals surface area contributed by atoms with Gasteiger partial charge in [0.2, 0.25) is 5.82 Å². The van der Waals surface area contributed by atoms with Crippen LogP contribution in [0.4, 0.5) is 0 Å². The predicted octanol–water partition coefficient (Wildman–Crippen LogP) is 1.05. The first-order chi connectivity index (χ1) is 9.22. The van der Waals surface area contributed by atoms with Crippen molar-refractivity contribution in [1.29, 1.82) is 0 Å². The number of rotatable bonds is 6. The van der Waals surface area contributed by atoms with Gasteiger partial charge in [-0.2, -0.15) is 5.10 Å². The highest BCUT2D eigenvalue weighted by molar-refractivity contribution is 5.85. The summed E-state index contributed by atoms with van der Waals surface area (Å²) in [5.74, 6) is 0.547. The Balaban J connectivity index is 1.99. The monoisotopic (exact) mass is 263 g/mol. The fourth-order valence-electron chi connectivity index (χ4n) is 1.82. The van der Waals surface area contributed by atoms with Crippen molar-refractivity contribution >= 4 is 5.97 Å². The Morgan fingerprint density at radius 1 is 1.37 bits per heavy atom. The minimum Gasteiger partial charge on any atom is -0.460 e. The van der Waals surface area contributed by atoms with Crippen LogP contribution in [0.2, 0.25) is 0 Å². The van der Waals surface area contributed by atoms with E-state index in [0.717, 1.165) is 13.0 Å². The Morgan fingerprint density at radius 2 is 2.21 bits per heavy atom. The smallest absolute Gasteiger partial charge is 0.376 e. The van der Waals surface area contributed by atoms with Crippen LogP contribution in [0.15, 0.2) is 18.5 Å². The van der Waals surface area contributed by atoms with E-state index in [-0.39, 0.29) is 5.82 Å². The summed E-state index contributed by atoms with van der Waals surface area (Å²) in [6, 6.07) is 1.88. The van der Waals surface area contributed by atoms with Crippen molar-refractivity contribution in [1.82, 2.24) is 24.5 Å². The van der Waals surface area contributed by atoms with E-state index in [1.54, 1.807) is 17.7 Å². The van der Waals surface area contributed by atoms with Crippen LogP contribution in [0.3, 0.4) is 0 Å². The van der Waals surface area contributed by atoms with Crippen molar-refractivity contribution in [3.05, 3.63) is 30.1 Å². The van der Waals surface area contributed by atoms with Crippen molar-refractivity contribution in [2.24, 2.45) is 0 Å². The molecule has 2 rings (SSSR count). The molecule has 7 nitrogen and oxygen atoms in total. The third-order valence-corrected chi connectivity index (χ3v) is 2.72. The lowest BCUT2D eigenvalue weighted by molar-refractivity contribution is 0.0505. The first kappa shape index (κ1) is 13.3. The minimum atomic E-state index is -0.429. The molecule has 0 aliphatic rings. The van der Waals surface area contributed by atoms with Gasteiger partial charge in [0.1, 0.15) is 5.82 Å². The van der Waals surface area contributed by atoms with Gasteiger partial charge in [-0.25, -0.2) is 4.79 Å². The Hall–Kier alpha value is -2.18. The second-order valence-electron chi connectivity index (χ2n) is 4.07. The molecule has 102 valence electrons. The molecule has 0 unspecified atom stereocenters. The SMILES string of the molecule is CCOC(=O)c1nnc(C)n1CCCn1cccn1. The molecule has 0 aromatic carbocycles. The largest absolute Gasteiger partial charge is 0.460 e. The van der Waals surface area contributed by atoms with Crippen LogP contribution < -0.4 is 0 Å². The molecule has 0 atom stereocenters. The van der Waals surface area contributed by atoms with Gasteiger partial charge in [0, 0.05) is 25.5 Å². The van der Waals surface area contributed by atoms with Crippen molar-refractivity contribution < 1.29 is 9.53 Å². The minimum absolute atomic E-state index is 0.264. The first-order valence-corrected chi connectivity index (χ1v) is 6.26. The van der Waals surface area contributed by atoms with Gasteiger partial charge < -0.3 is 9.30 Å². The fourth-order valence-corrected chi connectivity index (χ4v) is 1.82.